The monoisotopic (exact) mass is 375 g/mol. The van der Waals surface area contributed by atoms with E-state index in [4.69, 9.17) is 5.11 Å². The number of aromatic carboxylic acids is 1. The summed E-state index contributed by atoms with van der Waals surface area (Å²) in [5.41, 5.74) is 1.12. The van der Waals surface area contributed by atoms with Gasteiger partial charge in [-0.15, -0.1) is 0 Å². The molecule has 3 aromatic rings. The quantitative estimate of drug-likeness (QED) is 0.694. The highest BCUT2D eigenvalue weighted by molar-refractivity contribution is 7.92. The molecule has 0 aliphatic carbocycles. The van der Waals surface area contributed by atoms with Crippen LogP contribution in [0.25, 0.3) is 0 Å². The van der Waals surface area contributed by atoms with Gasteiger partial charge in [0.2, 0.25) is 0 Å². The average Bonchev–Trinajstić information content (AvgIpc) is 3.21. The molecule has 2 heterocycles. The van der Waals surface area contributed by atoms with Crippen LogP contribution in [0.3, 0.4) is 0 Å². The fraction of sp³-hybridized carbons (Fsp3) is 0.188. The van der Waals surface area contributed by atoms with Crippen molar-refractivity contribution in [2.45, 2.75) is 11.6 Å². The van der Waals surface area contributed by atoms with E-state index >= 15 is 0 Å². The van der Waals surface area contributed by atoms with Gasteiger partial charge in [-0.25, -0.2) is 4.79 Å². The van der Waals surface area contributed by atoms with Crippen molar-refractivity contribution in [1.29, 1.82) is 0 Å². The largest absolute Gasteiger partial charge is 0.478 e. The Morgan fingerprint density at radius 1 is 1.15 bits per heavy atom. The number of carboxylic acid groups (broad SMARTS) is 1. The molecule has 26 heavy (non-hydrogen) atoms. The Kier molecular flexibility index (Phi) is 4.51. The lowest BCUT2D eigenvalue weighted by molar-refractivity contribution is 0.0697. The first kappa shape index (κ1) is 17.7. The molecule has 1 N–H and O–H groups in total. The number of carboxylic acids is 1. The van der Waals surface area contributed by atoms with Gasteiger partial charge in [0.1, 0.15) is 0 Å². The van der Waals surface area contributed by atoms with Crippen LogP contribution in [-0.2, 0) is 30.7 Å². The zero-order chi connectivity index (χ0) is 18.9. The van der Waals surface area contributed by atoms with E-state index in [2.05, 4.69) is 10.2 Å². The third kappa shape index (κ3) is 3.31. The van der Waals surface area contributed by atoms with Crippen molar-refractivity contribution in [3.8, 4) is 0 Å². The average molecular weight is 375 g/mol. The molecule has 0 saturated carbocycles. The molecule has 0 saturated heterocycles. The minimum absolute atomic E-state index is 0.0312. The standard InChI is InChI=1S/C16H17N5O4S/c1-19-10-12(9-18-19)11-21(14-5-3-13(4-6-14)16(22)23)26(24,25)15-7-8-17-20(15)2/h3-10H,11H2,1-2H3,(H,22,23). The lowest BCUT2D eigenvalue weighted by atomic mass is 10.2. The maximum Gasteiger partial charge on any atom is 0.335 e. The van der Waals surface area contributed by atoms with Gasteiger partial charge in [0, 0.05) is 25.9 Å². The number of sulfonamides is 1. The fourth-order valence-corrected chi connectivity index (χ4v) is 4.09. The molecule has 0 aliphatic rings. The van der Waals surface area contributed by atoms with E-state index in [1.54, 1.807) is 31.2 Å². The molecule has 0 radical (unpaired) electrons. The molecule has 0 unspecified atom stereocenters. The van der Waals surface area contributed by atoms with E-state index in [0.717, 1.165) is 0 Å². The molecule has 0 aliphatic heterocycles. The third-order valence-corrected chi connectivity index (χ3v) is 5.67. The highest BCUT2D eigenvalue weighted by Crippen LogP contribution is 2.26. The number of rotatable bonds is 6. The van der Waals surface area contributed by atoms with E-state index in [1.807, 2.05) is 0 Å². The molecule has 0 amide bonds. The van der Waals surface area contributed by atoms with E-state index in [1.165, 1.54) is 45.5 Å². The first-order valence-corrected chi connectivity index (χ1v) is 9.04. The number of nitrogens with zero attached hydrogens (tertiary/aromatic N) is 5. The molecule has 0 bridgehead atoms. The van der Waals surface area contributed by atoms with Gasteiger partial charge in [0.25, 0.3) is 10.0 Å². The van der Waals surface area contributed by atoms with Crippen molar-refractivity contribution in [3.05, 3.63) is 60.0 Å². The molecule has 1 aromatic carbocycles. The lowest BCUT2D eigenvalue weighted by Gasteiger charge is -2.24. The van der Waals surface area contributed by atoms with Gasteiger partial charge < -0.3 is 5.11 Å². The zero-order valence-corrected chi connectivity index (χ0v) is 15.0. The SMILES string of the molecule is Cn1cc(CN(c2ccc(C(=O)O)cc2)S(=O)(=O)c2ccnn2C)cn1. The summed E-state index contributed by atoms with van der Waals surface area (Å²) in [4.78, 5) is 11.0. The second-order valence-corrected chi connectivity index (χ2v) is 7.49. The van der Waals surface area contributed by atoms with Crippen molar-refractivity contribution in [3.63, 3.8) is 0 Å². The maximum absolute atomic E-state index is 13.2. The van der Waals surface area contributed by atoms with E-state index in [0.29, 0.717) is 11.3 Å². The number of aryl methyl sites for hydroxylation is 2. The van der Waals surface area contributed by atoms with Gasteiger partial charge >= 0.3 is 5.97 Å². The van der Waals surface area contributed by atoms with Gasteiger partial charge in [-0.2, -0.15) is 18.6 Å². The topological polar surface area (TPSA) is 110 Å². The van der Waals surface area contributed by atoms with Crippen LogP contribution in [0.5, 0.6) is 0 Å². The molecule has 2 aromatic heterocycles. The van der Waals surface area contributed by atoms with Gasteiger partial charge in [0.15, 0.2) is 5.03 Å². The predicted octanol–water partition coefficient (Wildman–Crippen LogP) is 1.25. The summed E-state index contributed by atoms with van der Waals surface area (Å²) >= 11 is 0. The highest BCUT2D eigenvalue weighted by atomic mass is 32.2. The Balaban J connectivity index is 2.07. The third-order valence-electron chi connectivity index (χ3n) is 3.82. The summed E-state index contributed by atoms with van der Waals surface area (Å²) in [6.07, 6.45) is 4.71. The van der Waals surface area contributed by atoms with Crippen molar-refractivity contribution < 1.29 is 18.3 Å². The normalized spacial score (nSPS) is 11.5. The summed E-state index contributed by atoms with van der Waals surface area (Å²) in [5.74, 6) is -1.08. The van der Waals surface area contributed by atoms with Crippen LogP contribution in [0, 0.1) is 0 Å². The van der Waals surface area contributed by atoms with Crippen LogP contribution in [-0.4, -0.2) is 39.1 Å². The number of carbonyl (C=O) groups is 1. The summed E-state index contributed by atoms with van der Waals surface area (Å²) in [6.45, 7) is 0.0494. The van der Waals surface area contributed by atoms with Crippen molar-refractivity contribution in [2.75, 3.05) is 4.31 Å². The molecule has 0 spiro atoms. The molecular weight excluding hydrogens is 358 g/mol. The lowest BCUT2D eigenvalue weighted by Crippen LogP contribution is -2.32. The number of aromatic nitrogens is 4. The molecule has 0 atom stereocenters. The van der Waals surface area contributed by atoms with Crippen molar-refractivity contribution in [1.82, 2.24) is 19.6 Å². The van der Waals surface area contributed by atoms with Gasteiger partial charge in [0.05, 0.1) is 30.2 Å². The Hall–Kier alpha value is -3.14. The van der Waals surface area contributed by atoms with Crippen LogP contribution in [0.2, 0.25) is 0 Å². The van der Waals surface area contributed by atoms with E-state index < -0.39 is 16.0 Å². The number of benzene rings is 1. The minimum atomic E-state index is -3.91. The smallest absolute Gasteiger partial charge is 0.335 e. The van der Waals surface area contributed by atoms with E-state index in [9.17, 15) is 13.2 Å². The Morgan fingerprint density at radius 2 is 1.85 bits per heavy atom. The summed E-state index contributed by atoms with van der Waals surface area (Å²) < 4.78 is 30.4. The fourth-order valence-electron chi connectivity index (χ4n) is 2.53. The van der Waals surface area contributed by atoms with Gasteiger partial charge in [-0.3, -0.25) is 13.7 Å². The number of hydrogen-bond acceptors (Lipinski definition) is 5. The van der Waals surface area contributed by atoms with Gasteiger partial charge in [-0.05, 0) is 30.3 Å². The number of hydrogen-bond donors (Lipinski definition) is 1. The Labute approximate surface area is 150 Å². The van der Waals surface area contributed by atoms with Gasteiger partial charge in [-0.1, -0.05) is 0 Å². The molecule has 0 fully saturated rings. The number of anilines is 1. The van der Waals surface area contributed by atoms with Crippen LogP contribution in [0.1, 0.15) is 15.9 Å². The van der Waals surface area contributed by atoms with Crippen molar-refractivity contribution in [2.24, 2.45) is 14.1 Å². The first-order chi connectivity index (χ1) is 12.3. The van der Waals surface area contributed by atoms with Crippen LogP contribution in [0.15, 0.2) is 53.9 Å². The maximum atomic E-state index is 13.2. The van der Waals surface area contributed by atoms with Crippen LogP contribution in [0.4, 0.5) is 5.69 Å². The molecular formula is C16H17N5O4S. The Bertz CT molecular complexity index is 1040. The second-order valence-electron chi connectivity index (χ2n) is 5.68. The highest BCUT2D eigenvalue weighted by Gasteiger charge is 2.28. The Morgan fingerprint density at radius 3 is 2.35 bits per heavy atom. The van der Waals surface area contributed by atoms with Crippen LogP contribution >= 0.6 is 0 Å². The second kappa shape index (κ2) is 6.64. The summed E-state index contributed by atoms with van der Waals surface area (Å²) in [5, 5.41) is 17.1. The van der Waals surface area contributed by atoms with E-state index in [-0.39, 0.29) is 17.1 Å². The summed E-state index contributed by atoms with van der Waals surface area (Å²) in [7, 11) is -0.629. The van der Waals surface area contributed by atoms with Crippen LogP contribution < -0.4 is 4.31 Å². The summed E-state index contributed by atoms with van der Waals surface area (Å²) in [6, 6.07) is 7.08. The molecule has 3 rings (SSSR count). The predicted molar refractivity (Wildman–Crippen MR) is 93.2 cm³/mol. The minimum Gasteiger partial charge on any atom is -0.478 e. The van der Waals surface area contributed by atoms with Crippen molar-refractivity contribution >= 4 is 21.7 Å². The zero-order valence-electron chi connectivity index (χ0n) is 14.1. The first-order valence-electron chi connectivity index (χ1n) is 7.60. The molecule has 136 valence electrons. The molecule has 10 heteroatoms. The molecule has 9 nitrogen and oxygen atoms in total.